The molecule has 31 heavy (non-hydrogen) atoms. The van der Waals surface area contributed by atoms with Crippen molar-refractivity contribution in [2.24, 2.45) is 5.14 Å². The summed E-state index contributed by atoms with van der Waals surface area (Å²) in [6.45, 7) is 2.03. The Kier molecular flexibility index (Phi) is 5.22. The number of aryl methyl sites for hydroxylation is 1. The van der Waals surface area contributed by atoms with Gasteiger partial charge in [0.25, 0.3) is 11.8 Å². The van der Waals surface area contributed by atoms with Crippen LogP contribution in [-0.2, 0) is 26.0 Å². The zero-order valence-corrected chi connectivity index (χ0v) is 17.3. The van der Waals surface area contributed by atoms with Crippen molar-refractivity contribution in [3.63, 3.8) is 0 Å². The minimum Gasteiger partial charge on any atom is -0.457 e. The summed E-state index contributed by atoms with van der Waals surface area (Å²) in [7, 11) is -3.78. The number of furan rings is 1. The van der Waals surface area contributed by atoms with Gasteiger partial charge in [-0.1, -0.05) is 19.1 Å². The van der Waals surface area contributed by atoms with Crippen LogP contribution in [0.1, 0.15) is 18.2 Å². The van der Waals surface area contributed by atoms with Gasteiger partial charge >= 0.3 is 0 Å². The SMILES string of the molecule is CCc1ccc(N2NC(=O)/C(=C\c3ccc(-c4ccc(S(N)(=O)=O)cc4)o3)C2=O)cc1. The van der Waals surface area contributed by atoms with Crippen LogP contribution >= 0.6 is 0 Å². The quantitative estimate of drug-likeness (QED) is 0.469. The second kappa shape index (κ2) is 7.86. The number of nitrogens with zero attached hydrogens (tertiary/aromatic N) is 1. The summed E-state index contributed by atoms with van der Waals surface area (Å²) in [5, 5.41) is 6.30. The first-order chi connectivity index (χ1) is 14.8. The lowest BCUT2D eigenvalue weighted by atomic mass is 10.1. The number of nitrogens with one attached hydrogen (secondary N) is 1. The van der Waals surface area contributed by atoms with E-state index >= 15 is 0 Å². The van der Waals surface area contributed by atoms with Crippen LogP contribution in [0.25, 0.3) is 17.4 Å². The fraction of sp³-hybridized carbons (Fsp3) is 0.0909. The first-order valence-corrected chi connectivity index (χ1v) is 11.0. The molecule has 3 aromatic rings. The summed E-state index contributed by atoms with van der Waals surface area (Å²) in [5.74, 6) is -0.248. The van der Waals surface area contributed by atoms with Gasteiger partial charge in [-0.2, -0.15) is 0 Å². The summed E-state index contributed by atoms with van der Waals surface area (Å²) in [5.41, 5.74) is 4.81. The van der Waals surface area contributed by atoms with E-state index < -0.39 is 21.8 Å². The van der Waals surface area contributed by atoms with Gasteiger partial charge in [-0.15, -0.1) is 0 Å². The maximum absolute atomic E-state index is 12.7. The number of amides is 2. The number of nitrogens with two attached hydrogens (primary N) is 1. The maximum atomic E-state index is 12.7. The molecule has 0 radical (unpaired) electrons. The number of benzene rings is 2. The van der Waals surface area contributed by atoms with Gasteiger partial charge in [0.05, 0.1) is 10.6 Å². The molecule has 158 valence electrons. The van der Waals surface area contributed by atoms with Gasteiger partial charge in [0.15, 0.2) is 0 Å². The highest BCUT2D eigenvalue weighted by Gasteiger charge is 2.34. The van der Waals surface area contributed by atoms with Crippen molar-refractivity contribution in [1.82, 2.24) is 5.43 Å². The molecule has 0 atom stereocenters. The number of anilines is 1. The second-order valence-electron chi connectivity index (χ2n) is 6.93. The third kappa shape index (κ3) is 4.14. The van der Waals surface area contributed by atoms with E-state index in [1.54, 1.807) is 36.4 Å². The van der Waals surface area contributed by atoms with Crippen LogP contribution in [0.4, 0.5) is 5.69 Å². The van der Waals surface area contributed by atoms with Crippen LogP contribution in [0, 0.1) is 0 Å². The highest BCUT2D eigenvalue weighted by atomic mass is 32.2. The first-order valence-electron chi connectivity index (χ1n) is 9.45. The second-order valence-corrected chi connectivity index (χ2v) is 8.49. The Balaban J connectivity index is 1.57. The zero-order chi connectivity index (χ0) is 22.2. The molecular weight excluding hydrogens is 418 g/mol. The van der Waals surface area contributed by atoms with Gasteiger partial charge in [-0.3, -0.25) is 15.0 Å². The summed E-state index contributed by atoms with van der Waals surface area (Å²) in [4.78, 5) is 25.1. The Bertz CT molecular complexity index is 1290. The predicted molar refractivity (Wildman–Crippen MR) is 115 cm³/mol. The van der Waals surface area contributed by atoms with E-state index in [9.17, 15) is 18.0 Å². The lowest BCUT2D eigenvalue weighted by molar-refractivity contribution is -0.117. The molecule has 0 unspecified atom stereocenters. The average Bonchev–Trinajstić information content (AvgIpc) is 3.34. The molecule has 1 saturated heterocycles. The molecule has 2 aromatic carbocycles. The van der Waals surface area contributed by atoms with Crippen LogP contribution < -0.4 is 15.6 Å². The van der Waals surface area contributed by atoms with Gasteiger partial charge < -0.3 is 4.42 Å². The Morgan fingerprint density at radius 2 is 1.68 bits per heavy atom. The van der Waals surface area contributed by atoms with Crippen molar-refractivity contribution < 1.29 is 22.4 Å². The van der Waals surface area contributed by atoms with E-state index in [1.807, 2.05) is 19.1 Å². The van der Waals surface area contributed by atoms with E-state index in [0.717, 1.165) is 12.0 Å². The monoisotopic (exact) mass is 437 g/mol. The molecule has 0 aliphatic carbocycles. The van der Waals surface area contributed by atoms with Crippen molar-refractivity contribution in [2.75, 3.05) is 5.01 Å². The average molecular weight is 437 g/mol. The fourth-order valence-corrected chi connectivity index (χ4v) is 3.67. The molecule has 2 amide bonds. The smallest absolute Gasteiger partial charge is 0.282 e. The number of carbonyl (C=O) groups excluding carboxylic acids is 2. The number of hydrogen-bond acceptors (Lipinski definition) is 5. The highest BCUT2D eigenvalue weighted by molar-refractivity contribution is 7.89. The lowest BCUT2D eigenvalue weighted by Crippen LogP contribution is -2.35. The number of primary sulfonamides is 1. The normalized spacial score (nSPS) is 15.5. The Labute approximate surface area is 179 Å². The summed E-state index contributed by atoms with van der Waals surface area (Å²) in [6.07, 6.45) is 2.25. The molecule has 0 bridgehead atoms. The molecule has 3 N–H and O–H groups in total. The summed E-state index contributed by atoms with van der Waals surface area (Å²) < 4.78 is 28.5. The van der Waals surface area contributed by atoms with Gasteiger partial charge in [0, 0.05) is 5.56 Å². The van der Waals surface area contributed by atoms with Gasteiger partial charge in [0.2, 0.25) is 10.0 Å². The standard InChI is InChI=1S/C22H19N3O5S/c1-2-14-3-7-16(8-4-14)25-22(27)19(21(26)24-25)13-17-9-12-20(30-17)15-5-10-18(11-6-15)31(23,28)29/h3-13H,2H2,1H3,(H,24,26)(H2,23,28,29)/b19-13+. The third-order valence-electron chi connectivity index (χ3n) is 4.88. The third-order valence-corrected chi connectivity index (χ3v) is 5.80. The van der Waals surface area contributed by atoms with E-state index in [4.69, 9.17) is 9.56 Å². The molecular formula is C22H19N3O5S. The van der Waals surface area contributed by atoms with Crippen molar-refractivity contribution in [1.29, 1.82) is 0 Å². The van der Waals surface area contributed by atoms with Gasteiger partial charge in [0.1, 0.15) is 17.1 Å². The molecule has 1 aromatic heterocycles. The molecule has 4 rings (SSSR count). The fourth-order valence-electron chi connectivity index (χ4n) is 3.16. The van der Waals surface area contributed by atoms with E-state index in [-0.39, 0.29) is 10.5 Å². The number of sulfonamides is 1. The molecule has 1 aliphatic rings. The summed E-state index contributed by atoms with van der Waals surface area (Å²) >= 11 is 0. The molecule has 1 aliphatic heterocycles. The topological polar surface area (TPSA) is 123 Å². The number of hydrazine groups is 1. The van der Waals surface area contributed by atoms with Gasteiger partial charge in [-0.05, 0) is 66.6 Å². The van der Waals surface area contributed by atoms with Crippen molar-refractivity contribution in [3.8, 4) is 11.3 Å². The zero-order valence-electron chi connectivity index (χ0n) is 16.5. The number of rotatable bonds is 5. The Morgan fingerprint density at radius 3 is 2.29 bits per heavy atom. The van der Waals surface area contributed by atoms with E-state index in [0.29, 0.717) is 22.8 Å². The van der Waals surface area contributed by atoms with E-state index in [1.165, 1.54) is 23.2 Å². The van der Waals surface area contributed by atoms with Crippen molar-refractivity contribution in [2.45, 2.75) is 18.2 Å². The molecule has 0 saturated carbocycles. The molecule has 9 heteroatoms. The van der Waals surface area contributed by atoms with Crippen molar-refractivity contribution in [3.05, 3.63) is 77.6 Å². The van der Waals surface area contributed by atoms with Crippen LogP contribution in [0.5, 0.6) is 0 Å². The predicted octanol–water partition coefficient (Wildman–Crippen LogP) is 2.62. The largest absolute Gasteiger partial charge is 0.457 e. The Hall–Kier alpha value is -3.69. The minimum absolute atomic E-state index is 0.00886. The number of carbonyl (C=O) groups is 2. The molecule has 8 nitrogen and oxygen atoms in total. The molecule has 2 heterocycles. The first kappa shape index (κ1) is 20.6. The highest BCUT2D eigenvalue weighted by Crippen LogP contribution is 2.26. The van der Waals surface area contributed by atoms with Crippen molar-refractivity contribution >= 4 is 33.6 Å². The number of hydrogen-bond donors (Lipinski definition) is 2. The molecule has 1 fully saturated rings. The van der Waals surface area contributed by atoms with Crippen LogP contribution in [0.15, 0.2) is 75.5 Å². The summed E-state index contributed by atoms with van der Waals surface area (Å²) in [6, 6.07) is 16.5. The van der Waals surface area contributed by atoms with Crippen LogP contribution in [0.3, 0.4) is 0 Å². The lowest BCUT2D eigenvalue weighted by Gasteiger charge is -2.14. The molecule has 0 spiro atoms. The van der Waals surface area contributed by atoms with Crippen LogP contribution in [-0.4, -0.2) is 20.2 Å². The minimum atomic E-state index is -3.78. The van der Waals surface area contributed by atoms with E-state index in [2.05, 4.69) is 5.43 Å². The van der Waals surface area contributed by atoms with Crippen LogP contribution in [0.2, 0.25) is 0 Å². The maximum Gasteiger partial charge on any atom is 0.282 e. The van der Waals surface area contributed by atoms with Gasteiger partial charge in [-0.25, -0.2) is 18.6 Å². The Morgan fingerprint density at radius 1 is 1.00 bits per heavy atom.